The predicted octanol–water partition coefficient (Wildman–Crippen LogP) is 6.39. The first-order valence-electron chi connectivity index (χ1n) is 18.7. The fourth-order valence-corrected chi connectivity index (χ4v) is 9.50. The highest BCUT2D eigenvalue weighted by Gasteiger charge is 2.44. The summed E-state index contributed by atoms with van der Waals surface area (Å²) in [6.45, 7) is 3.87. The molecule has 2 fully saturated rings. The Morgan fingerprint density at radius 2 is 1.53 bits per heavy atom. The molecule has 2 N–H and O–H groups in total. The van der Waals surface area contributed by atoms with Crippen molar-refractivity contribution in [3.05, 3.63) is 125 Å². The third-order valence-electron chi connectivity index (χ3n) is 9.40. The van der Waals surface area contributed by atoms with Crippen LogP contribution in [0.3, 0.4) is 0 Å². The lowest BCUT2D eigenvalue weighted by molar-refractivity contribution is -0.384. The summed E-state index contributed by atoms with van der Waals surface area (Å²) in [5.41, 5.74) is 0.411. The van der Waals surface area contributed by atoms with E-state index in [0.717, 1.165) is 4.31 Å². The number of rotatable bonds is 19. The van der Waals surface area contributed by atoms with Crippen molar-refractivity contribution in [2.75, 3.05) is 32.7 Å². The minimum absolute atomic E-state index is 0.00196. The number of benzene rings is 4. The number of carbonyl (C=O) groups excluding carboxylic acids is 1. The van der Waals surface area contributed by atoms with Crippen molar-refractivity contribution in [3.63, 3.8) is 0 Å². The second kappa shape index (κ2) is 19.1. The summed E-state index contributed by atoms with van der Waals surface area (Å²) in [5, 5.41) is 25.6. The molecule has 6 rings (SSSR count). The number of para-hydroxylation sites is 2. The molecular formula is C40H46N3O13PS. The average Bonchev–Trinajstić information content (AvgIpc) is 3.83. The van der Waals surface area contributed by atoms with E-state index in [0.29, 0.717) is 30.1 Å². The van der Waals surface area contributed by atoms with Crippen LogP contribution in [-0.2, 0) is 35.2 Å². The number of carbonyl (C=O) groups is 1. The number of ether oxygens (including phenoxy) is 4. The van der Waals surface area contributed by atoms with Crippen LogP contribution in [0.15, 0.2) is 114 Å². The van der Waals surface area contributed by atoms with E-state index in [9.17, 15) is 33.0 Å². The van der Waals surface area contributed by atoms with Crippen molar-refractivity contribution in [3.8, 4) is 17.2 Å². The van der Waals surface area contributed by atoms with E-state index in [2.05, 4.69) is 5.32 Å². The van der Waals surface area contributed by atoms with Crippen LogP contribution >= 0.6 is 7.60 Å². The van der Waals surface area contributed by atoms with Gasteiger partial charge in [0.25, 0.3) is 5.69 Å². The van der Waals surface area contributed by atoms with Gasteiger partial charge in [0.05, 0.1) is 41.1 Å². The molecule has 1 amide bonds. The second-order valence-electron chi connectivity index (χ2n) is 14.3. The molecule has 0 aromatic heterocycles. The molecule has 0 bridgehead atoms. The number of amides is 1. The number of sulfonamides is 1. The zero-order valence-electron chi connectivity index (χ0n) is 31.9. The summed E-state index contributed by atoms with van der Waals surface area (Å²) >= 11 is 0. The van der Waals surface area contributed by atoms with Gasteiger partial charge in [-0.25, -0.2) is 17.8 Å². The van der Waals surface area contributed by atoms with Gasteiger partial charge in [-0.1, -0.05) is 62.4 Å². The van der Waals surface area contributed by atoms with Crippen LogP contribution in [0.25, 0.3) is 0 Å². The van der Waals surface area contributed by atoms with E-state index < -0.39 is 66.1 Å². The Labute approximate surface area is 336 Å². The molecular weight excluding hydrogens is 793 g/mol. The third-order valence-corrected chi connectivity index (χ3v) is 12.7. The largest absolute Gasteiger partial charge is 0.479 e. The number of non-ortho nitro benzene ring substituents is 1. The minimum Gasteiger partial charge on any atom is -0.479 e. The molecule has 310 valence electrons. The van der Waals surface area contributed by atoms with Crippen molar-refractivity contribution in [1.29, 1.82) is 0 Å². The molecule has 0 radical (unpaired) electrons. The van der Waals surface area contributed by atoms with Gasteiger partial charge in [-0.15, -0.1) is 0 Å². The highest BCUT2D eigenvalue weighted by Crippen LogP contribution is 2.48. The van der Waals surface area contributed by atoms with Gasteiger partial charge in [-0.2, -0.15) is 4.31 Å². The summed E-state index contributed by atoms with van der Waals surface area (Å²) < 4.78 is 77.5. The summed E-state index contributed by atoms with van der Waals surface area (Å²) in [6.07, 6.45) is -3.17. The molecule has 0 aliphatic carbocycles. The molecule has 2 saturated heterocycles. The number of alkyl carbamates (subject to hydrolysis) is 1. The lowest BCUT2D eigenvalue weighted by atomic mass is 10.0. The van der Waals surface area contributed by atoms with Gasteiger partial charge < -0.3 is 38.4 Å². The molecule has 0 saturated carbocycles. The number of nitrogens with one attached hydrogen (secondary N) is 1. The van der Waals surface area contributed by atoms with Gasteiger partial charge >= 0.3 is 13.7 Å². The predicted molar refractivity (Wildman–Crippen MR) is 211 cm³/mol. The molecule has 0 spiro atoms. The second-order valence-corrected chi connectivity index (χ2v) is 18.1. The van der Waals surface area contributed by atoms with Crippen molar-refractivity contribution in [2.45, 2.75) is 56.1 Å². The maximum atomic E-state index is 14.2. The van der Waals surface area contributed by atoms with E-state index >= 15 is 0 Å². The Bertz CT molecular complexity index is 2080. The smallest absolute Gasteiger partial charge is 0.468 e. The van der Waals surface area contributed by atoms with Gasteiger partial charge in [0.15, 0.2) is 6.29 Å². The summed E-state index contributed by atoms with van der Waals surface area (Å²) in [6, 6.07) is 27.0. The maximum Gasteiger partial charge on any atom is 0.468 e. The molecule has 0 unspecified atom stereocenters. The summed E-state index contributed by atoms with van der Waals surface area (Å²) in [5.74, 6) is 0.506. The molecule has 2 aliphatic heterocycles. The van der Waals surface area contributed by atoms with E-state index in [1.165, 1.54) is 48.5 Å². The average molecular weight is 840 g/mol. The minimum atomic E-state index is -4.25. The number of nitrogens with zero attached hydrogens (tertiary/aromatic N) is 2. The molecule has 2 aliphatic rings. The number of aliphatic hydroxyl groups excluding tert-OH is 1. The fraction of sp³-hybridized carbons (Fsp3) is 0.375. The fourth-order valence-electron chi connectivity index (χ4n) is 6.54. The van der Waals surface area contributed by atoms with Crippen molar-refractivity contribution in [2.24, 2.45) is 11.8 Å². The molecule has 5 atom stereocenters. The molecule has 4 aromatic rings. The van der Waals surface area contributed by atoms with Gasteiger partial charge in [-0.3, -0.25) is 10.1 Å². The first kappa shape index (κ1) is 42.6. The van der Waals surface area contributed by atoms with Crippen LogP contribution in [0.1, 0.15) is 25.8 Å². The van der Waals surface area contributed by atoms with Gasteiger partial charge in [-0.05, 0) is 72.9 Å². The molecule has 2 heterocycles. The first-order valence-corrected chi connectivity index (χ1v) is 21.9. The number of aliphatic hydroxyl groups is 1. The van der Waals surface area contributed by atoms with E-state index in [4.69, 9.17) is 28.0 Å². The van der Waals surface area contributed by atoms with Crippen LogP contribution in [0.2, 0.25) is 0 Å². The van der Waals surface area contributed by atoms with Crippen LogP contribution in [0, 0.1) is 22.0 Å². The van der Waals surface area contributed by atoms with Gasteiger partial charge in [0.2, 0.25) is 16.4 Å². The number of hydrogen-bond acceptors (Lipinski definition) is 13. The lowest BCUT2D eigenvalue weighted by Gasteiger charge is -2.31. The first-order chi connectivity index (χ1) is 27.8. The molecule has 18 heteroatoms. The summed E-state index contributed by atoms with van der Waals surface area (Å²) in [7, 11) is -8.19. The Morgan fingerprint density at radius 3 is 2.12 bits per heavy atom. The zero-order valence-corrected chi connectivity index (χ0v) is 33.6. The number of nitro benzene ring substituents is 1. The molecule has 4 aromatic carbocycles. The van der Waals surface area contributed by atoms with Crippen LogP contribution in [0.5, 0.6) is 17.2 Å². The Hall–Kier alpha value is -5.03. The Morgan fingerprint density at radius 1 is 0.914 bits per heavy atom. The topological polar surface area (TPSA) is 202 Å². The van der Waals surface area contributed by atoms with Crippen LogP contribution in [-0.4, -0.2) is 86.0 Å². The highest BCUT2D eigenvalue weighted by molar-refractivity contribution is 7.89. The van der Waals surface area contributed by atoms with Crippen LogP contribution in [0.4, 0.5) is 10.5 Å². The maximum absolute atomic E-state index is 14.2. The standard InChI is InChI=1S/C40H46N3O13PS/c1-28(2)24-42(25-37(44)36(23-29-13-15-30(16-14-29)43(46)47)41-40(45)54-38-26-52-39-35(38)21-22-51-39)58(49,50)34-19-17-31(18-20-34)53-27-57(48,55-32-9-5-3-6-10-32)56-33-11-7-4-8-12-33/h3-20,28,35-39,44H,21-27H2,1-2H3,(H,41,45)/t35-,36-,37+,38-,39+/m0/s1. The van der Waals surface area contributed by atoms with E-state index in [-0.39, 0.29) is 47.7 Å². The SMILES string of the molecule is CC(C)CN(C[C@@H](O)[C@H](Cc1ccc([N+](=O)[O-])cc1)NC(=O)O[C@H]1CO[C@H]2OCC[C@H]21)S(=O)(=O)c1ccc(OCP(=O)(Oc2ccccc2)Oc2ccccc2)cc1. The Kier molecular flexibility index (Phi) is 14.1. The van der Waals surface area contributed by atoms with Crippen molar-refractivity contribution in [1.82, 2.24) is 9.62 Å². The molecule has 58 heavy (non-hydrogen) atoms. The van der Waals surface area contributed by atoms with E-state index in [1.807, 2.05) is 13.8 Å². The lowest BCUT2D eigenvalue weighted by Crippen LogP contribution is -2.51. The summed E-state index contributed by atoms with van der Waals surface area (Å²) in [4.78, 5) is 23.8. The normalized spacial score (nSPS) is 18.9. The van der Waals surface area contributed by atoms with Crippen molar-refractivity contribution < 1.29 is 55.8 Å². The Balaban J connectivity index is 1.16. The molecule has 16 nitrogen and oxygen atoms in total. The number of fused-ring (bicyclic) bond motifs is 1. The highest BCUT2D eigenvalue weighted by atomic mass is 32.2. The van der Waals surface area contributed by atoms with Crippen molar-refractivity contribution >= 4 is 29.4 Å². The number of hydrogen-bond donors (Lipinski definition) is 2. The van der Waals surface area contributed by atoms with E-state index in [1.54, 1.807) is 60.7 Å². The van der Waals surface area contributed by atoms with Gasteiger partial charge in [0, 0.05) is 25.2 Å². The monoisotopic (exact) mass is 839 g/mol. The quantitative estimate of drug-likeness (QED) is 0.0598. The van der Waals surface area contributed by atoms with Gasteiger partial charge in [0.1, 0.15) is 23.4 Å². The third kappa shape index (κ3) is 11.3. The van der Waals surface area contributed by atoms with Crippen LogP contribution < -0.4 is 19.1 Å². The number of nitro groups is 1. The zero-order chi connectivity index (χ0) is 41.3.